The van der Waals surface area contributed by atoms with Gasteiger partial charge in [-0.2, -0.15) is 0 Å². The molecule has 1 fully saturated rings. The van der Waals surface area contributed by atoms with E-state index in [1.54, 1.807) is 36.7 Å². The highest BCUT2D eigenvalue weighted by molar-refractivity contribution is 6.08. The molecule has 0 unspecified atom stereocenters. The molecule has 1 atom stereocenters. The first-order valence-electron chi connectivity index (χ1n) is 9.69. The Hall–Kier alpha value is -3.78. The van der Waals surface area contributed by atoms with E-state index in [-0.39, 0.29) is 11.9 Å². The third kappa shape index (κ3) is 3.48. The number of carbonyl (C=O) groups is 1. The second-order valence-electron chi connectivity index (χ2n) is 7.13. The van der Waals surface area contributed by atoms with E-state index < -0.39 is 0 Å². The molecule has 2 aromatic heterocycles. The van der Waals surface area contributed by atoms with E-state index >= 15 is 0 Å². The molecule has 8 heteroatoms. The van der Waals surface area contributed by atoms with Gasteiger partial charge in [0.05, 0.1) is 17.1 Å². The average Bonchev–Trinajstić information content (AvgIpc) is 3.40. The number of imidazole rings is 1. The van der Waals surface area contributed by atoms with Crippen molar-refractivity contribution >= 4 is 22.6 Å². The molecule has 0 saturated carbocycles. The largest absolute Gasteiger partial charge is 0.436 e. The van der Waals surface area contributed by atoms with E-state index in [2.05, 4.69) is 19.9 Å². The van der Waals surface area contributed by atoms with Crippen LogP contribution in [0.15, 0.2) is 60.9 Å². The van der Waals surface area contributed by atoms with Gasteiger partial charge in [-0.3, -0.25) is 4.79 Å². The number of aliphatic hydroxyl groups is 1. The first kappa shape index (κ1) is 18.3. The van der Waals surface area contributed by atoms with Crippen LogP contribution >= 0.6 is 0 Å². The van der Waals surface area contributed by atoms with Crippen molar-refractivity contribution in [3.63, 3.8) is 0 Å². The number of ether oxygens (including phenoxy) is 1. The number of carbonyl (C=O) groups excluding carboxylic acids is 1. The van der Waals surface area contributed by atoms with Gasteiger partial charge in [0, 0.05) is 31.0 Å². The molecule has 0 amide bonds. The van der Waals surface area contributed by atoms with Crippen LogP contribution < -0.4 is 9.64 Å². The van der Waals surface area contributed by atoms with Crippen LogP contribution in [0.5, 0.6) is 11.6 Å². The van der Waals surface area contributed by atoms with Gasteiger partial charge in [-0.1, -0.05) is 12.1 Å². The summed E-state index contributed by atoms with van der Waals surface area (Å²) in [5.74, 6) is 1.61. The van der Waals surface area contributed by atoms with Crippen LogP contribution in [-0.2, 0) is 0 Å². The quantitative estimate of drug-likeness (QED) is 0.496. The van der Waals surface area contributed by atoms with Gasteiger partial charge in [0.25, 0.3) is 5.88 Å². The summed E-state index contributed by atoms with van der Waals surface area (Å²) in [5, 5.41) is 9.79. The van der Waals surface area contributed by atoms with Crippen molar-refractivity contribution in [1.29, 1.82) is 0 Å². The molecule has 2 N–H and O–H groups in total. The summed E-state index contributed by atoms with van der Waals surface area (Å²) in [4.78, 5) is 30.8. The molecule has 0 radical (unpaired) electrons. The lowest BCUT2D eigenvalue weighted by Crippen LogP contribution is -2.23. The van der Waals surface area contributed by atoms with Crippen LogP contribution in [0.25, 0.3) is 11.0 Å². The lowest BCUT2D eigenvalue weighted by atomic mass is 10.1. The molecule has 0 bridgehead atoms. The Kier molecular flexibility index (Phi) is 4.61. The summed E-state index contributed by atoms with van der Waals surface area (Å²) >= 11 is 0. The fourth-order valence-corrected chi connectivity index (χ4v) is 3.52. The summed E-state index contributed by atoms with van der Waals surface area (Å²) in [5.41, 5.74) is 2.08. The van der Waals surface area contributed by atoms with Gasteiger partial charge >= 0.3 is 0 Å². The number of hydrogen-bond donors (Lipinski definition) is 2. The summed E-state index contributed by atoms with van der Waals surface area (Å²) in [6, 6.07) is 14.3. The van der Waals surface area contributed by atoms with Gasteiger partial charge in [0.2, 0.25) is 5.78 Å². The second-order valence-corrected chi connectivity index (χ2v) is 7.13. The Morgan fingerprint density at radius 2 is 1.90 bits per heavy atom. The SMILES string of the molecule is O=C(c1ccc(Oc2nccnc2N2CC[C@@H](O)C2)cc1)c1nc2ccccc2[nH]1. The van der Waals surface area contributed by atoms with Gasteiger partial charge in [-0.05, 0) is 42.8 Å². The zero-order chi connectivity index (χ0) is 20.5. The highest BCUT2D eigenvalue weighted by atomic mass is 16.5. The first-order chi connectivity index (χ1) is 14.7. The van der Waals surface area contributed by atoms with Crippen molar-refractivity contribution in [2.75, 3.05) is 18.0 Å². The summed E-state index contributed by atoms with van der Waals surface area (Å²) in [6.45, 7) is 1.20. The minimum Gasteiger partial charge on any atom is -0.436 e. The van der Waals surface area contributed by atoms with Crippen molar-refractivity contribution in [3.05, 3.63) is 72.3 Å². The predicted molar refractivity (Wildman–Crippen MR) is 111 cm³/mol. The van der Waals surface area contributed by atoms with E-state index in [1.165, 1.54) is 0 Å². The monoisotopic (exact) mass is 401 g/mol. The predicted octanol–water partition coefficient (Wildman–Crippen LogP) is 2.95. The molecule has 3 heterocycles. The van der Waals surface area contributed by atoms with Gasteiger partial charge in [0.1, 0.15) is 5.75 Å². The molecular formula is C22H19N5O3. The summed E-state index contributed by atoms with van der Waals surface area (Å²) < 4.78 is 5.91. The molecule has 30 heavy (non-hydrogen) atoms. The number of fused-ring (bicyclic) bond motifs is 1. The Balaban J connectivity index is 1.35. The number of para-hydroxylation sites is 2. The maximum absolute atomic E-state index is 12.8. The van der Waals surface area contributed by atoms with Crippen molar-refractivity contribution < 1.29 is 14.6 Å². The van der Waals surface area contributed by atoms with Crippen LogP contribution in [0.3, 0.4) is 0 Å². The fraction of sp³-hybridized carbons (Fsp3) is 0.182. The lowest BCUT2D eigenvalue weighted by Gasteiger charge is -2.18. The van der Waals surface area contributed by atoms with Crippen LogP contribution in [0, 0.1) is 0 Å². The Labute approximate surface area is 172 Å². The minimum absolute atomic E-state index is 0.191. The highest BCUT2D eigenvalue weighted by Crippen LogP contribution is 2.30. The number of anilines is 1. The van der Waals surface area contributed by atoms with Crippen molar-refractivity contribution in [3.8, 4) is 11.6 Å². The van der Waals surface area contributed by atoms with E-state index in [0.717, 1.165) is 11.0 Å². The van der Waals surface area contributed by atoms with E-state index in [0.29, 0.717) is 48.3 Å². The highest BCUT2D eigenvalue weighted by Gasteiger charge is 2.25. The van der Waals surface area contributed by atoms with Crippen LogP contribution in [0.2, 0.25) is 0 Å². The van der Waals surface area contributed by atoms with Gasteiger partial charge in [-0.25, -0.2) is 15.0 Å². The fourth-order valence-electron chi connectivity index (χ4n) is 3.52. The molecule has 1 saturated heterocycles. The minimum atomic E-state index is -0.372. The maximum atomic E-state index is 12.8. The number of aromatic amines is 1. The molecule has 1 aliphatic rings. The Bertz CT molecular complexity index is 1170. The van der Waals surface area contributed by atoms with Crippen LogP contribution in [0.4, 0.5) is 5.82 Å². The third-order valence-electron chi connectivity index (χ3n) is 5.04. The second kappa shape index (κ2) is 7.57. The first-order valence-corrected chi connectivity index (χ1v) is 9.69. The number of rotatable bonds is 5. The summed E-state index contributed by atoms with van der Waals surface area (Å²) in [6.07, 6.45) is 3.48. The number of ketones is 1. The topological polar surface area (TPSA) is 104 Å². The zero-order valence-electron chi connectivity index (χ0n) is 16.0. The van der Waals surface area contributed by atoms with Gasteiger partial charge in [-0.15, -0.1) is 0 Å². The average molecular weight is 401 g/mol. The number of benzene rings is 2. The molecule has 5 rings (SSSR count). The third-order valence-corrected chi connectivity index (χ3v) is 5.04. The number of β-amino-alcohol motifs (C(OH)–C–C–N with tert-alkyl or cyclic N) is 1. The lowest BCUT2D eigenvalue weighted by molar-refractivity contribution is 0.103. The molecular weight excluding hydrogens is 382 g/mol. The molecule has 150 valence electrons. The smallest absolute Gasteiger partial charge is 0.263 e. The number of H-pyrrole nitrogens is 1. The Morgan fingerprint density at radius 1 is 1.10 bits per heavy atom. The van der Waals surface area contributed by atoms with Gasteiger partial charge < -0.3 is 19.7 Å². The molecule has 2 aromatic carbocycles. The number of hydrogen-bond acceptors (Lipinski definition) is 7. The number of aliphatic hydroxyl groups excluding tert-OH is 1. The zero-order valence-corrected chi connectivity index (χ0v) is 16.0. The molecule has 1 aliphatic heterocycles. The van der Waals surface area contributed by atoms with E-state index in [4.69, 9.17) is 4.74 Å². The molecule has 4 aromatic rings. The van der Waals surface area contributed by atoms with Crippen LogP contribution in [-0.4, -0.2) is 50.0 Å². The Morgan fingerprint density at radius 3 is 2.67 bits per heavy atom. The molecule has 0 aliphatic carbocycles. The van der Waals surface area contributed by atoms with E-state index in [9.17, 15) is 9.90 Å². The van der Waals surface area contributed by atoms with Gasteiger partial charge in [0.15, 0.2) is 11.6 Å². The van der Waals surface area contributed by atoms with Crippen molar-refractivity contribution in [2.45, 2.75) is 12.5 Å². The molecule has 0 spiro atoms. The van der Waals surface area contributed by atoms with E-state index in [1.807, 2.05) is 29.2 Å². The number of aromatic nitrogens is 4. The normalized spacial score (nSPS) is 16.2. The molecule has 8 nitrogen and oxygen atoms in total. The van der Waals surface area contributed by atoms with Crippen molar-refractivity contribution in [2.24, 2.45) is 0 Å². The van der Waals surface area contributed by atoms with Crippen LogP contribution in [0.1, 0.15) is 22.6 Å². The maximum Gasteiger partial charge on any atom is 0.263 e. The number of nitrogens with one attached hydrogen (secondary N) is 1. The van der Waals surface area contributed by atoms with Crippen molar-refractivity contribution in [1.82, 2.24) is 19.9 Å². The summed E-state index contributed by atoms with van der Waals surface area (Å²) in [7, 11) is 0. The standard InChI is InChI=1S/C22H19N5O3/c28-15-9-12-27(13-15)21-22(24-11-10-23-21)30-16-7-5-14(6-8-16)19(29)20-25-17-3-1-2-4-18(17)26-20/h1-8,10-11,15,28H,9,12-13H2,(H,25,26)/t15-/m1/s1. The number of nitrogens with zero attached hydrogens (tertiary/aromatic N) is 4.